The van der Waals surface area contributed by atoms with Gasteiger partial charge in [0.1, 0.15) is 0 Å². The fraction of sp³-hybridized carbons (Fsp3) is 0.872. The largest absolute Gasteiger partial charge is 0.394 e. The molecule has 0 aliphatic rings. The first kappa shape index (κ1) is 41.9. The number of unbranched alkanes of at least 4 members (excludes halogenated alkanes) is 23. The normalized spacial score (nSPS) is 13.3. The van der Waals surface area contributed by atoms with Gasteiger partial charge in [-0.15, -0.1) is 0 Å². The van der Waals surface area contributed by atoms with Gasteiger partial charge < -0.3 is 15.5 Å². The number of carbonyl (C=O) groups excluding carboxylic acids is 1. The Morgan fingerprint density at radius 3 is 1.49 bits per heavy atom. The van der Waals surface area contributed by atoms with Gasteiger partial charge in [0.15, 0.2) is 0 Å². The van der Waals surface area contributed by atoms with Crippen LogP contribution in [0.15, 0.2) is 24.3 Å². The van der Waals surface area contributed by atoms with Gasteiger partial charge in [-0.3, -0.25) is 4.79 Å². The number of hydrogen-bond acceptors (Lipinski definition) is 3. The molecule has 0 aromatic heterocycles. The Morgan fingerprint density at radius 2 is 1.00 bits per heavy atom. The van der Waals surface area contributed by atoms with E-state index in [0.717, 1.165) is 44.9 Å². The van der Waals surface area contributed by atoms with Crippen molar-refractivity contribution in [2.24, 2.45) is 0 Å². The van der Waals surface area contributed by atoms with E-state index in [1.54, 1.807) is 0 Å². The number of hydrogen-bond donors (Lipinski definition) is 3. The SMILES string of the molecule is CCC/C=C\C/C=C\CCCCCCCC(=O)NC(CO)C(O)CCCCCCCCCCCCCCCCCCCC. The van der Waals surface area contributed by atoms with Crippen molar-refractivity contribution in [2.75, 3.05) is 6.61 Å². The number of carbonyl (C=O) groups is 1. The number of aliphatic hydroxyl groups is 2. The minimum atomic E-state index is -0.662. The van der Waals surface area contributed by atoms with Crippen LogP contribution in [0.1, 0.15) is 200 Å². The van der Waals surface area contributed by atoms with Crippen molar-refractivity contribution in [1.29, 1.82) is 0 Å². The number of rotatable bonds is 34. The first-order valence-electron chi connectivity index (χ1n) is 19.0. The molecule has 0 aromatic carbocycles. The van der Waals surface area contributed by atoms with Crippen molar-refractivity contribution >= 4 is 5.91 Å². The van der Waals surface area contributed by atoms with E-state index in [1.165, 1.54) is 128 Å². The van der Waals surface area contributed by atoms with Crippen LogP contribution in [0.5, 0.6) is 0 Å². The van der Waals surface area contributed by atoms with E-state index < -0.39 is 12.1 Å². The summed E-state index contributed by atoms with van der Waals surface area (Å²) >= 11 is 0. The summed E-state index contributed by atoms with van der Waals surface area (Å²) in [6, 6.07) is -0.540. The van der Waals surface area contributed by atoms with Crippen LogP contribution in [-0.4, -0.2) is 34.9 Å². The van der Waals surface area contributed by atoms with Gasteiger partial charge in [-0.2, -0.15) is 0 Å². The molecule has 0 aliphatic carbocycles. The standard InChI is InChI=1S/C39H75NO3/c1-3-5-7-9-11-13-15-17-18-19-20-21-23-24-26-28-30-32-34-38(42)37(36-41)40-39(43)35-33-31-29-27-25-22-16-14-12-10-8-6-4-2/h8,10,14,16,37-38,41-42H,3-7,9,11-13,15,17-36H2,1-2H3,(H,40,43)/b10-8-,16-14-. The highest BCUT2D eigenvalue weighted by molar-refractivity contribution is 5.76. The molecular weight excluding hydrogens is 530 g/mol. The molecule has 43 heavy (non-hydrogen) atoms. The summed E-state index contributed by atoms with van der Waals surface area (Å²) in [7, 11) is 0. The minimum Gasteiger partial charge on any atom is -0.394 e. The lowest BCUT2D eigenvalue weighted by atomic mass is 10.0. The van der Waals surface area contributed by atoms with E-state index in [0.29, 0.717) is 12.8 Å². The van der Waals surface area contributed by atoms with Crippen LogP contribution in [0.4, 0.5) is 0 Å². The Bertz CT molecular complexity index is 618. The summed E-state index contributed by atoms with van der Waals surface area (Å²) in [6.07, 6.45) is 43.8. The van der Waals surface area contributed by atoms with Gasteiger partial charge in [-0.25, -0.2) is 0 Å². The molecule has 0 fully saturated rings. The summed E-state index contributed by atoms with van der Waals surface area (Å²) in [5, 5.41) is 23.1. The Kier molecular flexibility index (Phi) is 34.4. The van der Waals surface area contributed by atoms with Crippen LogP contribution in [-0.2, 0) is 4.79 Å². The van der Waals surface area contributed by atoms with Crippen LogP contribution >= 0.6 is 0 Å². The van der Waals surface area contributed by atoms with E-state index in [9.17, 15) is 15.0 Å². The zero-order valence-corrected chi connectivity index (χ0v) is 29.0. The molecule has 2 atom stereocenters. The maximum absolute atomic E-state index is 12.3. The molecule has 0 aromatic rings. The lowest BCUT2D eigenvalue weighted by molar-refractivity contribution is -0.123. The second kappa shape index (κ2) is 35.4. The topological polar surface area (TPSA) is 69.6 Å². The van der Waals surface area contributed by atoms with Gasteiger partial charge in [0.2, 0.25) is 5.91 Å². The second-order valence-electron chi connectivity index (χ2n) is 13.0. The average Bonchev–Trinajstić information content (AvgIpc) is 3.01. The highest BCUT2D eigenvalue weighted by atomic mass is 16.3. The highest BCUT2D eigenvalue weighted by Gasteiger charge is 2.19. The van der Waals surface area contributed by atoms with Crippen LogP contribution in [0.2, 0.25) is 0 Å². The quantitative estimate of drug-likeness (QED) is 0.0505. The molecule has 1 amide bonds. The van der Waals surface area contributed by atoms with E-state index in [1.807, 2.05) is 0 Å². The molecule has 0 bridgehead atoms. The average molecular weight is 606 g/mol. The fourth-order valence-electron chi connectivity index (χ4n) is 5.75. The molecule has 254 valence electrons. The van der Waals surface area contributed by atoms with Gasteiger partial charge in [0.05, 0.1) is 18.8 Å². The Hall–Kier alpha value is -1.13. The van der Waals surface area contributed by atoms with Gasteiger partial charge in [-0.1, -0.05) is 179 Å². The monoisotopic (exact) mass is 606 g/mol. The van der Waals surface area contributed by atoms with Crippen molar-refractivity contribution in [3.63, 3.8) is 0 Å². The number of nitrogens with one attached hydrogen (secondary N) is 1. The van der Waals surface area contributed by atoms with E-state index in [2.05, 4.69) is 43.5 Å². The molecule has 0 rings (SSSR count). The van der Waals surface area contributed by atoms with Crippen LogP contribution < -0.4 is 5.32 Å². The second-order valence-corrected chi connectivity index (χ2v) is 13.0. The first-order chi connectivity index (χ1) is 21.2. The molecule has 2 unspecified atom stereocenters. The van der Waals surface area contributed by atoms with Crippen molar-refractivity contribution < 1.29 is 15.0 Å². The van der Waals surface area contributed by atoms with E-state index >= 15 is 0 Å². The third-order valence-corrected chi connectivity index (χ3v) is 8.70. The molecule has 3 N–H and O–H groups in total. The van der Waals surface area contributed by atoms with Gasteiger partial charge in [0.25, 0.3) is 0 Å². The molecule has 0 saturated heterocycles. The highest BCUT2D eigenvalue weighted by Crippen LogP contribution is 2.15. The maximum atomic E-state index is 12.3. The van der Waals surface area contributed by atoms with Crippen LogP contribution in [0, 0.1) is 0 Å². The van der Waals surface area contributed by atoms with Crippen molar-refractivity contribution in [1.82, 2.24) is 5.32 Å². The minimum absolute atomic E-state index is 0.0463. The molecule has 0 aliphatic heterocycles. The van der Waals surface area contributed by atoms with Gasteiger partial charge in [-0.05, 0) is 38.5 Å². The zero-order valence-electron chi connectivity index (χ0n) is 29.0. The summed E-state index contributed by atoms with van der Waals surface area (Å²) in [4.78, 5) is 12.3. The van der Waals surface area contributed by atoms with Crippen molar-refractivity contribution in [3.05, 3.63) is 24.3 Å². The third kappa shape index (κ3) is 32.1. The number of aliphatic hydroxyl groups excluding tert-OH is 2. The Balaban J connectivity index is 3.55. The predicted molar refractivity (Wildman–Crippen MR) is 189 cm³/mol. The maximum Gasteiger partial charge on any atom is 0.220 e. The van der Waals surface area contributed by atoms with Crippen LogP contribution in [0.3, 0.4) is 0 Å². The van der Waals surface area contributed by atoms with Crippen LogP contribution in [0.25, 0.3) is 0 Å². The predicted octanol–water partition coefficient (Wildman–Crippen LogP) is 11.3. The Morgan fingerprint density at radius 1 is 0.558 bits per heavy atom. The van der Waals surface area contributed by atoms with Gasteiger partial charge in [0, 0.05) is 6.42 Å². The number of allylic oxidation sites excluding steroid dienone is 4. The smallest absolute Gasteiger partial charge is 0.220 e. The lowest BCUT2D eigenvalue weighted by Crippen LogP contribution is -2.45. The fourth-order valence-corrected chi connectivity index (χ4v) is 5.75. The molecule has 4 heteroatoms. The molecule has 4 nitrogen and oxygen atoms in total. The molecule has 0 saturated carbocycles. The lowest BCUT2D eigenvalue weighted by Gasteiger charge is -2.22. The summed E-state index contributed by atoms with van der Waals surface area (Å²) in [5.41, 5.74) is 0. The molecular formula is C39H75NO3. The first-order valence-corrected chi connectivity index (χ1v) is 19.0. The van der Waals surface area contributed by atoms with E-state index in [4.69, 9.17) is 0 Å². The summed E-state index contributed by atoms with van der Waals surface area (Å²) < 4.78 is 0. The molecule has 0 radical (unpaired) electrons. The molecule has 0 heterocycles. The number of amides is 1. The van der Waals surface area contributed by atoms with Crippen molar-refractivity contribution in [2.45, 2.75) is 212 Å². The Labute approximate surface area is 269 Å². The van der Waals surface area contributed by atoms with Gasteiger partial charge >= 0.3 is 0 Å². The third-order valence-electron chi connectivity index (χ3n) is 8.70. The molecule has 0 spiro atoms. The zero-order chi connectivity index (χ0) is 31.5. The summed E-state index contributed by atoms with van der Waals surface area (Å²) in [5.74, 6) is -0.0463. The van der Waals surface area contributed by atoms with E-state index in [-0.39, 0.29) is 12.5 Å². The van der Waals surface area contributed by atoms with Crippen molar-refractivity contribution in [3.8, 4) is 0 Å². The summed E-state index contributed by atoms with van der Waals surface area (Å²) in [6.45, 7) is 4.28.